The number of benzene rings is 2. The third kappa shape index (κ3) is 5.12. The number of hydrogen-bond donors (Lipinski definition) is 2. The highest BCUT2D eigenvalue weighted by Gasteiger charge is 2.52. The van der Waals surface area contributed by atoms with Crippen molar-refractivity contribution in [2.75, 3.05) is 32.9 Å². The van der Waals surface area contributed by atoms with Gasteiger partial charge in [0.2, 0.25) is 0 Å². The highest BCUT2D eigenvalue weighted by Crippen LogP contribution is 2.35. The second-order valence-electron chi connectivity index (χ2n) is 8.87. The molecule has 0 aliphatic carbocycles. The maximum absolute atomic E-state index is 13.3. The van der Waals surface area contributed by atoms with Crippen LogP contribution in [0.4, 0.5) is 0 Å². The molecule has 2 aromatic carbocycles. The van der Waals surface area contributed by atoms with E-state index in [1.165, 1.54) is 28.7 Å². The van der Waals surface area contributed by atoms with Gasteiger partial charge in [-0.3, -0.25) is 14.9 Å². The molecule has 8 nitrogen and oxygen atoms in total. The summed E-state index contributed by atoms with van der Waals surface area (Å²) in [5.41, 5.74) is 4.40. The van der Waals surface area contributed by atoms with Gasteiger partial charge in [0.05, 0.1) is 11.5 Å². The summed E-state index contributed by atoms with van der Waals surface area (Å²) in [6, 6.07) is 14.7. The van der Waals surface area contributed by atoms with Gasteiger partial charge in [-0.15, -0.1) is 0 Å². The van der Waals surface area contributed by atoms with E-state index >= 15 is 0 Å². The third-order valence-electron chi connectivity index (χ3n) is 6.81. The van der Waals surface area contributed by atoms with Crippen molar-refractivity contribution in [1.29, 1.82) is 0 Å². The van der Waals surface area contributed by atoms with Crippen molar-refractivity contribution in [3.8, 4) is 5.75 Å². The van der Waals surface area contributed by atoms with Crippen LogP contribution in [0.3, 0.4) is 0 Å². The first kappa shape index (κ1) is 24.7. The number of sulfone groups is 1. The molecule has 1 amide bonds. The number of unbranched alkanes of at least 4 members (excludes halogenated alkanes) is 1. The Hall–Kier alpha value is -2.46. The van der Waals surface area contributed by atoms with Gasteiger partial charge in [0.25, 0.3) is 5.91 Å². The minimum Gasteiger partial charge on any atom is -0.494 e. The fourth-order valence-corrected chi connectivity index (χ4v) is 6.67. The van der Waals surface area contributed by atoms with Crippen molar-refractivity contribution < 1.29 is 27.9 Å². The predicted octanol–water partition coefficient (Wildman–Crippen LogP) is 2.73. The Labute approximate surface area is 200 Å². The summed E-state index contributed by atoms with van der Waals surface area (Å²) in [5.74, 6) is -0.341. The van der Waals surface area contributed by atoms with Crippen LogP contribution in [0.2, 0.25) is 0 Å². The van der Waals surface area contributed by atoms with Crippen LogP contribution < -0.4 is 10.2 Å². The van der Waals surface area contributed by atoms with Crippen LogP contribution in [0.1, 0.15) is 36.8 Å². The van der Waals surface area contributed by atoms with E-state index in [0.29, 0.717) is 12.4 Å². The van der Waals surface area contributed by atoms with Gasteiger partial charge >= 0.3 is 0 Å². The van der Waals surface area contributed by atoms with E-state index in [-0.39, 0.29) is 31.0 Å². The molecule has 9 heteroatoms. The van der Waals surface area contributed by atoms with E-state index in [0.717, 1.165) is 38.9 Å². The third-order valence-corrected chi connectivity index (χ3v) is 9.33. The lowest BCUT2D eigenvalue weighted by Gasteiger charge is -2.34. The van der Waals surface area contributed by atoms with E-state index < -0.39 is 20.5 Å². The molecule has 2 aliphatic heterocycles. The molecule has 0 radical (unpaired) electrons. The summed E-state index contributed by atoms with van der Waals surface area (Å²) in [6.07, 6.45) is 2.99. The van der Waals surface area contributed by atoms with Gasteiger partial charge in [-0.25, -0.2) is 13.9 Å². The summed E-state index contributed by atoms with van der Waals surface area (Å²) in [4.78, 5) is 14.8. The molecule has 0 saturated carbocycles. The first-order valence-electron chi connectivity index (χ1n) is 11.8. The Morgan fingerprint density at radius 3 is 2.47 bits per heavy atom. The van der Waals surface area contributed by atoms with Crippen molar-refractivity contribution >= 4 is 15.7 Å². The molecule has 184 valence electrons. The normalized spacial score (nSPS) is 18.1. The highest BCUT2D eigenvalue weighted by molar-refractivity contribution is 7.93. The monoisotopic (exact) mass is 488 g/mol. The molecule has 2 N–H and O–H groups in total. The van der Waals surface area contributed by atoms with Gasteiger partial charge in [0.1, 0.15) is 5.75 Å². The summed E-state index contributed by atoms with van der Waals surface area (Å²) in [5, 5.41) is 9.15. The van der Waals surface area contributed by atoms with Gasteiger partial charge in [-0.05, 0) is 74.0 Å². The van der Waals surface area contributed by atoms with Gasteiger partial charge in [0, 0.05) is 26.3 Å². The molecule has 0 unspecified atom stereocenters. The highest BCUT2D eigenvalue weighted by atomic mass is 32.2. The molecule has 2 aromatic rings. The Balaban J connectivity index is 1.27. The second kappa shape index (κ2) is 10.9. The number of rotatable bonds is 9. The van der Waals surface area contributed by atoms with Gasteiger partial charge in [-0.1, -0.05) is 24.3 Å². The fourth-order valence-electron chi connectivity index (χ4n) is 4.73. The van der Waals surface area contributed by atoms with Gasteiger partial charge in [0.15, 0.2) is 14.6 Å². The number of fused-ring (bicyclic) bond motifs is 1. The first-order chi connectivity index (χ1) is 16.5. The summed E-state index contributed by atoms with van der Waals surface area (Å²) in [7, 11) is -4.03. The van der Waals surface area contributed by atoms with Gasteiger partial charge < -0.3 is 9.47 Å². The maximum atomic E-state index is 13.3. The molecule has 0 bridgehead atoms. The maximum Gasteiger partial charge on any atom is 0.265 e. The number of carbonyl (C=O) groups excluding carboxylic acids is 1. The molecule has 1 saturated heterocycles. The van der Waals surface area contributed by atoms with Crippen LogP contribution in [-0.4, -0.2) is 62.1 Å². The zero-order chi connectivity index (χ0) is 24.0. The quantitative estimate of drug-likeness (QED) is 0.318. The molecular weight excluding hydrogens is 456 g/mol. The average Bonchev–Trinajstić information content (AvgIpc) is 2.88. The fraction of sp³-hybridized carbons (Fsp3) is 0.480. The number of ether oxygens (including phenoxy) is 2. The second-order valence-corrected chi connectivity index (χ2v) is 11.1. The lowest BCUT2D eigenvalue weighted by Crippen LogP contribution is -2.54. The van der Waals surface area contributed by atoms with Crippen molar-refractivity contribution in [3.63, 3.8) is 0 Å². The van der Waals surface area contributed by atoms with Gasteiger partial charge in [-0.2, -0.15) is 0 Å². The number of hydrogen-bond acceptors (Lipinski definition) is 7. The molecule has 4 rings (SSSR count). The van der Waals surface area contributed by atoms with Crippen molar-refractivity contribution in [3.05, 3.63) is 59.7 Å². The van der Waals surface area contributed by atoms with E-state index in [1.807, 2.05) is 0 Å². The molecule has 34 heavy (non-hydrogen) atoms. The van der Waals surface area contributed by atoms with Crippen LogP contribution in [-0.2, 0) is 32.3 Å². The molecular formula is C25H32N2O6S. The largest absolute Gasteiger partial charge is 0.494 e. The molecule has 2 heterocycles. The molecule has 0 aromatic heterocycles. The summed E-state index contributed by atoms with van der Waals surface area (Å²) in [6.45, 7) is 3.92. The minimum absolute atomic E-state index is 0.0113. The number of hydroxylamine groups is 1. The first-order valence-corrected chi connectivity index (χ1v) is 13.2. The Kier molecular flexibility index (Phi) is 7.88. The van der Waals surface area contributed by atoms with Crippen LogP contribution in [0.5, 0.6) is 5.75 Å². The van der Waals surface area contributed by atoms with E-state index in [1.54, 1.807) is 12.1 Å². The SMILES string of the molecule is O=C(NO)C1(S(=O)(=O)c2ccc(OCCCCN3CCc4ccccc4C3)cc2)CCOCC1. The zero-order valence-corrected chi connectivity index (χ0v) is 20.1. The number of carbonyl (C=O) groups is 1. The molecule has 0 atom stereocenters. The van der Waals surface area contributed by atoms with Crippen molar-refractivity contribution in [1.82, 2.24) is 10.4 Å². The Morgan fingerprint density at radius 2 is 1.76 bits per heavy atom. The van der Waals surface area contributed by atoms with Crippen LogP contribution in [0, 0.1) is 0 Å². The van der Waals surface area contributed by atoms with Crippen molar-refractivity contribution in [2.24, 2.45) is 0 Å². The standard InChI is InChI=1S/C25H32N2O6S/c28-24(26-29)25(12-17-32-18-13-25)34(30,31)23-9-7-22(8-10-23)33-16-4-3-14-27-15-11-20-5-1-2-6-21(20)19-27/h1-2,5-10,29H,3-4,11-19H2,(H,26,28). The van der Waals surface area contributed by atoms with E-state index in [4.69, 9.17) is 14.7 Å². The van der Waals surface area contributed by atoms with Crippen molar-refractivity contribution in [2.45, 2.75) is 48.3 Å². The Morgan fingerprint density at radius 1 is 1.06 bits per heavy atom. The lowest BCUT2D eigenvalue weighted by molar-refractivity contribution is -0.134. The van der Waals surface area contributed by atoms with E-state index in [2.05, 4.69) is 29.2 Å². The smallest absolute Gasteiger partial charge is 0.265 e. The predicted molar refractivity (Wildman–Crippen MR) is 126 cm³/mol. The summed E-state index contributed by atoms with van der Waals surface area (Å²) >= 11 is 0. The molecule has 0 spiro atoms. The van der Waals surface area contributed by atoms with Crippen LogP contribution in [0.15, 0.2) is 53.4 Å². The van der Waals surface area contributed by atoms with Crippen LogP contribution >= 0.6 is 0 Å². The summed E-state index contributed by atoms with van der Waals surface area (Å²) < 4.78 is 35.9. The van der Waals surface area contributed by atoms with E-state index in [9.17, 15) is 13.2 Å². The topological polar surface area (TPSA) is 105 Å². The lowest BCUT2D eigenvalue weighted by atomic mass is 9.98. The Bertz CT molecular complexity index is 1080. The minimum atomic E-state index is -4.03. The average molecular weight is 489 g/mol. The molecule has 1 fully saturated rings. The number of nitrogens with zero attached hydrogens (tertiary/aromatic N) is 1. The number of amides is 1. The zero-order valence-electron chi connectivity index (χ0n) is 19.2. The van der Waals surface area contributed by atoms with Crippen LogP contribution in [0.25, 0.3) is 0 Å². The number of nitrogens with one attached hydrogen (secondary N) is 1. The molecule has 2 aliphatic rings.